The summed E-state index contributed by atoms with van der Waals surface area (Å²) in [6.45, 7) is 14.6. The monoisotopic (exact) mass is 316 g/mol. The SMILES string of the molecule is CC1(NSC(C)(C)C)CCC(NC(=O)OC(C)(C)C)CC1. The second-order valence-electron chi connectivity index (χ2n) is 8.30. The van der Waals surface area contributed by atoms with Crippen LogP contribution in [0.1, 0.15) is 74.1 Å². The lowest BCUT2D eigenvalue weighted by atomic mass is 9.82. The molecule has 0 saturated heterocycles. The summed E-state index contributed by atoms with van der Waals surface area (Å²) in [6, 6.07) is 0.231. The van der Waals surface area contributed by atoms with Gasteiger partial charge in [-0.2, -0.15) is 0 Å². The van der Waals surface area contributed by atoms with E-state index in [9.17, 15) is 4.79 Å². The molecule has 0 aromatic heterocycles. The van der Waals surface area contributed by atoms with Gasteiger partial charge in [0.2, 0.25) is 0 Å². The van der Waals surface area contributed by atoms with Crippen molar-refractivity contribution in [2.45, 2.75) is 96.1 Å². The molecule has 1 rings (SSSR count). The van der Waals surface area contributed by atoms with Gasteiger partial charge in [-0.3, -0.25) is 4.72 Å². The number of nitrogens with one attached hydrogen (secondary N) is 2. The Bertz CT molecular complexity index is 350. The van der Waals surface area contributed by atoms with Gasteiger partial charge >= 0.3 is 6.09 Å². The van der Waals surface area contributed by atoms with Gasteiger partial charge in [0.05, 0.1) is 0 Å². The fourth-order valence-electron chi connectivity index (χ4n) is 2.25. The van der Waals surface area contributed by atoms with Gasteiger partial charge in [-0.25, -0.2) is 4.79 Å². The number of ether oxygens (including phenoxy) is 1. The Kier molecular flexibility index (Phi) is 6.01. The van der Waals surface area contributed by atoms with Crippen LogP contribution in [0.25, 0.3) is 0 Å². The first kappa shape index (κ1) is 18.6. The molecule has 0 aromatic rings. The predicted molar refractivity (Wildman–Crippen MR) is 90.5 cm³/mol. The van der Waals surface area contributed by atoms with Crippen LogP contribution in [0.5, 0.6) is 0 Å². The van der Waals surface area contributed by atoms with E-state index in [1.54, 1.807) is 11.9 Å². The Morgan fingerprint density at radius 1 is 1.14 bits per heavy atom. The number of hydrogen-bond donors (Lipinski definition) is 2. The molecule has 0 spiro atoms. The van der Waals surface area contributed by atoms with Crippen molar-refractivity contribution in [2.75, 3.05) is 0 Å². The maximum absolute atomic E-state index is 11.8. The molecule has 1 amide bonds. The average molecular weight is 317 g/mol. The molecule has 0 unspecified atom stereocenters. The minimum absolute atomic E-state index is 0.157. The number of carbonyl (C=O) groups is 1. The van der Waals surface area contributed by atoms with E-state index >= 15 is 0 Å². The molecule has 1 fully saturated rings. The Hall–Kier alpha value is -0.420. The highest BCUT2D eigenvalue weighted by molar-refractivity contribution is 7.98. The maximum atomic E-state index is 11.8. The highest BCUT2D eigenvalue weighted by Gasteiger charge is 2.33. The summed E-state index contributed by atoms with van der Waals surface area (Å²) in [5.74, 6) is 0. The zero-order chi connectivity index (χ0) is 16.3. The van der Waals surface area contributed by atoms with E-state index in [1.165, 1.54) is 0 Å². The quantitative estimate of drug-likeness (QED) is 0.764. The van der Waals surface area contributed by atoms with Gasteiger partial charge in [-0.05, 0) is 74.1 Å². The molecule has 0 radical (unpaired) electrons. The molecule has 2 N–H and O–H groups in total. The number of carbonyl (C=O) groups excluding carboxylic acids is 1. The Morgan fingerprint density at radius 3 is 2.10 bits per heavy atom. The fourth-order valence-corrected chi connectivity index (χ4v) is 3.01. The summed E-state index contributed by atoms with van der Waals surface area (Å²) in [7, 11) is 0. The molecule has 0 bridgehead atoms. The first-order chi connectivity index (χ1) is 9.39. The van der Waals surface area contributed by atoms with Gasteiger partial charge in [0.15, 0.2) is 0 Å². The molecule has 0 heterocycles. The summed E-state index contributed by atoms with van der Waals surface area (Å²) >= 11 is 1.80. The van der Waals surface area contributed by atoms with Crippen molar-refractivity contribution < 1.29 is 9.53 Å². The molecule has 0 atom stereocenters. The van der Waals surface area contributed by atoms with Crippen LogP contribution in [0.15, 0.2) is 0 Å². The van der Waals surface area contributed by atoms with E-state index in [0.717, 1.165) is 25.7 Å². The van der Waals surface area contributed by atoms with Gasteiger partial charge in [0, 0.05) is 16.3 Å². The standard InChI is InChI=1S/C16H32N2O2S/c1-14(2,3)20-13(19)17-12-8-10-16(7,11-9-12)18-21-15(4,5)6/h12,18H,8-11H2,1-7H3,(H,17,19). The van der Waals surface area contributed by atoms with Crippen molar-refractivity contribution in [1.82, 2.24) is 10.0 Å². The third-order valence-electron chi connectivity index (χ3n) is 3.41. The van der Waals surface area contributed by atoms with Crippen molar-refractivity contribution >= 4 is 18.0 Å². The summed E-state index contributed by atoms with van der Waals surface area (Å²) in [5.41, 5.74) is -0.276. The zero-order valence-electron chi connectivity index (χ0n) is 14.6. The van der Waals surface area contributed by atoms with Gasteiger partial charge in [-0.15, -0.1) is 0 Å². The summed E-state index contributed by atoms with van der Waals surface area (Å²) < 4.78 is 9.15. The topological polar surface area (TPSA) is 50.4 Å². The molecule has 5 heteroatoms. The van der Waals surface area contributed by atoms with Crippen molar-refractivity contribution in [1.29, 1.82) is 0 Å². The highest BCUT2D eigenvalue weighted by Crippen LogP contribution is 2.32. The summed E-state index contributed by atoms with van der Waals surface area (Å²) in [6.07, 6.45) is 3.82. The van der Waals surface area contributed by atoms with Crippen molar-refractivity contribution in [3.8, 4) is 0 Å². The average Bonchev–Trinajstić information content (AvgIpc) is 2.27. The lowest BCUT2D eigenvalue weighted by Gasteiger charge is -2.39. The van der Waals surface area contributed by atoms with E-state index in [2.05, 4.69) is 37.7 Å². The third-order valence-corrected chi connectivity index (χ3v) is 4.62. The predicted octanol–water partition coefficient (Wildman–Crippen LogP) is 4.25. The first-order valence-corrected chi connectivity index (χ1v) is 8.65. The van der Waals surface area contributed by atoms with Gasteiger partial charge in [0.1, 0.15) is 5.60 Å². The number of rotatable bonds is 3. The van der Waals surface area contributed by atoms with Crippen molar-refractivity contribution in [3.05, 3.63) is 0 Å². The van der Waals surface area contributed by atoms with Gasteiger partial charge in [-0.1, -0.05) is 11.9 Å². The van der Waals surface area contributed by atoms with E-state index in [0.29, 0.717) is 0 Å². The molecule has 1 aliphatic rings. The number of hydrogen-bond acceptors (Lipinski definition) is 4. The Labute approximate surface area is 134 Å². The fraction of sp³-hybridized carbons (Fsp3) is 0.938. The normalized spacial score (nSPS) is 27.3. The summed E-state index contributed by atoms with van der Waals surface area (Å²) in [4.78, 5) is 11.8. The van der Waals surface area contributed by atoms with E-state index in [1.807, 2.05) is 20.8 Å². The molecule has 124 valence electrons. The molecule has 1 aliphatic carbocycles. The second kappa shape index (κ2) is 6.78. The largest absolute Gasteiger partial charge is 0.444 e. The van der Waals surface area contributed by atoms with Crippen LogP contribution in [0.4, 0.5) is 4.79 Å². The minimum atomic E-state index is -0.432. The third kappa shape index (κ3) is 7.96. The highest BCUT2D eigenvalue weighted by atomic mass is 32.2. The Morgan fingerprint density at radius 2 is 1.67 bits per heavy atom. The molecule has 0 aromatic carbocycles. The number of amides is 1. The van der Waals surface area contributed by atoms with Gasteiger partial charge in [0.25, 0.3) is 0 Å². The molecular weight excluding hydrogens is 284 g/mol. The summed E-state index contributed by atoms with van der Waals surface area (Å²) in [5, 5.41) is 2.99. The van der Waals surface area contributed by atoms with Crippen LogP contribution >= 0.6 is 11.9 Å². The zero-order valence-corrected chi connectivity index (χ0v) is 15.4. The van der Waals surface area contributed by atoms with Crippen LogP contribution in [-0.4, -0.2) is 28.0 Å². The second-order valence-corrected chi connectivity index (χ2v) is 9.93. The van der Waals surface area contributed by atoms with E-state index in [4.69, 9.17) is 4.74 Å². The minimum Gasteiger partial charge on any atom is -0.444 e. The van der Waals surface area contributed by atoms with Crippen LogP contribution in [0.2, 0.25) is 0 Å². The van der Waals surface area contributed by atoms with Crippen LogP contribution in [0, 0.1) is 0 Å². The smallest absolute Gasteiger partial charge is 0.407 e. The van der Waals surface area contributed by atoms with Crippen LogP contribution in [0.3, 0.4) is 0 Å². The Balaban J connectivity index is 2.36. The molecule has 1 saturated carbocycles. The molecule has 4 nitrogen and oxygen atoms in total. The lowest BCUT2D eigenvalue weighted by molar-refractivity contribution is 0.0484. The van der Waals surface area contributed by atoms with Crippen LogP contribution < -0.4 is 10.0 Å². The molecule has 21 heavy (non-hydrogen) atoms. The van der Waals surface area contributed by atoms with E-state index in [-0.39, 0.29) is 22.4 Å². The maximum Gasteiger partial charge on any atom is 0.407 e. The van der Waals surface area contributed by atoms with Crippen LogP contribution in [-0.2, 0) is 4.74 Å². The van der Waals surface area contributed by atoms with Crippen molar-refractivity contribution in [2.24, 2.45) is 0 Å². The van der Waals surface area contributed by atoms with Gasteiger partial charge < -0.3 is 10.1 Å². The first-order valence-electron chi connectivity index (χ1n) is 7.83. The number of alkyl carbamates (subject to hydrolysis) is 1. The van der Waals surface area contributed by atoms with Crippen molar-refractivity contribution in [3.63, 3.8) is 0 Å². The molecular formula is C16H32N2O2S. The molecule has 0 aliphatic heterocycles. The lowest BCUT2D eigenvalue weighted by Crippen LogP contribution is -2.48. The van der Waals surface area contributed by atoms with E-state index < -0.39 is 5.60 Å².